The van der Waals surface area contributed by atoms with Crippen molar-refractivity contribution >= 4 is 16.8 Å². The van der Waals surface area contributed by atoms with Crippen LogP contribution in [0, 0.1) is 5.92 Å². The molecule has 6 nitrogen and oxygen atoms in total. The van der Waals surface area contributed by atoms with Crippen LogP contribution >= 0.6 is 0 Å². The Bertz CT molecular complexity index is 1200. The summed E-state index contributed by atoms with van der Waals surface area (Å²) in [6.07, 6.45) is 3.25. The first-order valence-corrected chi connectivity index (χ1v) is 9.69. The van der Waals surface area contributed by atoms with Crippen LogP contribution < -0.4 is 16.6 Å². The van der Waals surface area contributed by atoms with Gasteiger partial charge in [-0.3, -0.25) is 14.2 Å². The largest absolute Gasteiger partial charge is 0.349 e. The molecule has 2 heterocycles. The summed E-state index contributed by atoms with van der Waals surface area (Å²) >= 11 is 0. The van der Waals surface area contributed by atoms with Crippen molar-refractivity contribution in [2.75, 3.05) is 0 Å². The van der Waals surface area contributed by atoms with E-state index >= 15 is 0 Å². The lowest BCUT2D eigenvalue weighted by molar-refractivity contribution is -0.120. The average Bonchev–Trinajstić information content (AvgIpc) is 3.21. The molecule has 1 saturated heterocycles. The number of aromatic amines is 1. The highest BCUT2D eigenvalue weighted by atomic mass is 16.2. The Morgan fingerprint density at radius 2 is 1.86 bits per heavy atom. The Balaban J connectivity index is 1.62. The molecule has 2 N–H and O–H groups in total. The first-order valence-electron chi connectivity index (χ1n) is 9.69. The highest BCUT2D eigenvalue weighted by molar-refractivity contribution is 5.83. The highest BCUT2D eigenvalue weighted by Crippen LogP contribution is 2.42. The molecule has 0 spiro atoms. The zero-order chi connectivity index (χ0) is 19.3. The predicted octanol–water partition coefficient (Wildman–Crippen LogP) is 2.42. The highest BCUT2D eigenvalue weighted by Gasteiger charge is 2.50. The van der Waals surface area contributed by atoms with Crippen molar-refractivity contribution in [3.8, 4) is 11.1 Å². The van der Waals surface area contributed by atoms with Crippen molar-refractivity contribution in [2.45, 2.75) is 37.8 Å². The Morgan fingerprint density at radius 3 is 2.68 bits per heavy atom. The van der Waals surface area contributed by atoms with Crippen LogP contribution in [0.2, 0.25) is 0 Å². The number of fused-ring (bicyclic) bond motifs is 2. The van der Waals surface area contributed by atoms with E-state index in [4.69, 9.17) is 0 Å². The predicted molar refractivity (Wildman–Crippen MR) is 107 cm³/mol. The van der Waals surface area contributed by atoms with Crippen molar-refractivity contribution in [1.29, 1.82) is 0 Å². The third kappa shape index (κ3) is 2.59. The van der Waals surface area contributed by atoms with Crippen molar-refractivity contribution < 1.29 is 4.79 Å². The lowest BCUT2D eigenvalue weighted by Gasteiger charge is -2.29. The molecule has 2 unspecified atom stereocenters. The molecule has 2 atom stereocenters. The number of amides is 1. The Hall–Kier alpha value is -3.15. The second kappa shape index (κ2) is 6.19. The maximum atomic E-state index is 13.2. The zero-order valence-electron chi connectivity index (χ0n) is 15.4. The van der Waals surface area contributed by atoms with Crippen LogP contribution in [0.25, 0.3) is 22.0 Å². The molecule has 1 aromatic heterocycles. The number of nitrogens with one attached hydrogen (secondary N) is 2. The van der Waals surface area contributed by atoms with E-state index < -0.39 is 11.2 Å². The van der Waals surface area contributed by atoms with Gasteiger partial charge in [0.1, 0.15) is 0 Å². The van der Waals surface area contributed by atoms with E-state index in [-0.39, 0.29) is 23.9 Å². The quantitative estimate of drug-likeness (QED) is 0.737. The molecule has 1 aliphatic heterocycles. The van der Waals surface area contributed by atoms with Crippen LogP contribution in [0.1, 0.15) is 25.7 Å². The van der Waals surface area contributed by atoms with Crippen molar-refractivity contribution in [1.82, 2.24) is 14.9 Å². The molecule has 1 amide bonds. The van der Waals surface area contributed by atoms with Gasteiger partial charge < -0.3 is 10.3 Å². The number of carbonyl (C=O) groups excluding carboxylic acids is 1. The topological polar surface area (TPSA) is 84.0 Å². The van der Waals surface area contributed by atoms with Gasteiger partial charge in [-0.25, -0.2) is 4.79 Å². The van der Waals surface area contributed by atoms with E-state index in [0.717, 1.165) is 30.4 Å². The van der Waals surface area contributed by atoms with E-state index in [1.165, 1.54) is 4.57 Å². The van der Waals surface area contributed by atoms with Crippen LogP contribution in [-0.2, 0) is 11.3 Å². The van der Waals surface area contributed by atoms with Gasteiger partial charge in [0.15, 0.2) is 0 Å². The third-order valence-corrected chi connectivity index (χ3v) is 6.31. The maximum absolute atomic E-state index is 13.2. The van der Waals surface area contributed by atoms with Gasteiger partial charge in [0.05, 0.1) is 23.0 Å². The molecule has 0 bridgehead atoms. The minimum absolute atomic E-state index is 0.0151. The Kier molecular flexibility index (Phi) is 3.75. The molecule has 2 aliphatic rings. The molecule has 2 aromatic carbocycles. The van der Waals surface area contributed by atoms with Gasteiger partial charge in [0, 0.05) is 6.42 Å². The summed E-state index contributed by atoms with van der Waals surface area (Å²) in [4.78, 5) is 40.7. The number of carbonyl (C=O) groups is 1. The van der Waals surface area contributed by atoms with Crippen LogP contribution in [0.4, 0.5) is 0 Å². The number of H-pyrrole nitrogens is 1. The number of benzene rings is 2. The molecular weight excluding hydrogens is 354 g/mol. The summed E-state index contributed by atoms with van der Waals surface area (Å²) in [5.74, 6) is 0.207. The maximum Gasteiger partial charge on any atom is 0.328 e. The molecule has 6 heteroatoms. The fraction of sp³-hybridized carbons (Fsp3) is 0.318. The summed E-state index contributed by atoms with van der Waals surface area (Å²) in [6, 6.07) is 15.3. The van der Waals surface area contributed by atoms with E-state index in [1.807, 2.05) is 42.5 Å². The second-order valence-electron chi connectivity index (χ2n) is 7.95. The molecule has 3 aromatic rings. The number of rotatable bonds is 3. The van der Waals surface area contributed by atoms with Gasteiger partial charge in [0.25, 0.3) is 5.56 Å². The van der Waals surface area contributed by atoms with E-state index in [9.17, 15) is 14.4 Å². The molecule has 5 rings (SSSR count). The summed E-state index contributed by atoms with van der Waals surface area (Å²) in [5, 5.41) is 3.55. The summed E-state index contributed by atoms with van der Waals surface area (Å²) < 4.78 is 1.26. The lowest BCUT2D eigenvalue weighted by Crippen LogP contribution is -2.51. The summed E-state index contributed by atoms with van der Waals surface area (Å²) in [5.41, 5.74) is 1.26. The van der Waals surface area contributed by atoms with Gasteiger partial charge in [-0.2, -0.15) is 0 Å². The van der Waals surface area contributed by atoms with Crippen molar-refractivity contribution in [3.05, 3.63) is 69.4 Å². The van der Waals surface area contributed by atoms with Crippen molar-refractivity contribution in [2.24, 2.45) is 5.92 Å². The van der Waals surface area contributed by atoms with Gasteiger partial charge in [-0.1, -0.05) is 42.8 Å². The standard InChI is InChI=1S/C22H21N3O3/c26-19-12-16-7-4-10-22(16,24-19)13-25-20(27)17-11-15(14-5-2-1-3-6-14)8-9-18(17)23-21(25)28/h1-3,5-6,8-9,11,16H,4,7,10,12-13H2,(H,23,28)(H,24,26). The number of hydrogen-bond acceptors (Lipinski definition) is 3. The molecule has 1 aliphatic carbocycles. The van der Waals surface area contributed by atoms with Gasteiger partial charge in [-0.15, -0.1) is 0 Å². The van der Waals surface area contributed by atoms with Crippen LogP contribution in [0.3, 0.4) is 0 Å². The number of nitrogens with zero attached hydrogens (tertiary/aromatic N) is 1. The minimum Gasteiger partial charge on any atom is -0.349 e. The van der Waals surface area contributed by atoms with Crippen LogP contribution in [-0.4, -0.2) is 21.0 Å². The van der Waals surface area contributed by atoms with Crippen LogP contribution in [0.15, 0.2) is 58.1 Å². The first-order chi connectivity index (χ1) is 13.6. The molecular formula is C22H21N3O3. The molecule has 28 heavy (non-hydrogen) atoms. The molecule has 142 valence electrons. The Morgan fingerprint density at radius 1 is 1.04 bits per heavy atom. The number of hydrogen-bond donors (Lipinski definition) is 2. The normalized spacial score (nSPS) is 23.7. The van der Waals surface area contributed by atoms with Gasteiger partial charge >= 0.3 is 5.69 Å². The first kappa shape index (κ1) is 17.0. The SMILES string of the molecule is O=C1CC2CCCC2(Cn2c(=O)[nH]c3ccc(-c4ccccc4)cc3c2=O)N1. The fourth-order valence-corrected chi connectivity index (χ4v) is 4.89. The third-order valence-electron chi connectivity index (χ3n) is 6.31. The second-order valence-corrected chi connectivity index (χ2v) is 7.95. The van der Waals surface area contributed by atoms with E-state index in [0.29, 0.717) is 17.3 Å². The molecule has 1 saturated carbocycles. The number of aromatic nitrogens is 2. The summed E-state index contributed by atoms with van der Waals surface area (Å²) in [7, 11) is 0. The molecule has 0 radical (unpaired) electrons. The smallest absolute Gasteiger partial charge is 0.328 e. The van der Waals surface area contributed by atoms with Crippen LogP contribution in [0.5, 0.6) is 0 Å². The van der Waals surface area contributed by atoms with Gasteiger partial charge in [-0.05, 0) is 42.0 Å². The van der Waals surface area contributed by atoms with Crippen molar-refractivity contribution in [3.63, 3.8) is 0 Å². The molecule has 2 fully saturated rings. The average molecular weight is 375 g/mol. The van der Waals surface area contributed by atoms with Gasteiger partial charge in [0.2, 0.25) is 5.91 Å². The van der Waals surface area contributed by atoms with E-state index in [2.05, 4.69) is 10.3 Å². The Labute approximate surface area is 161 Å². The summed E-state index contributed by atoms with van der Waals surface area (Å²) in [6.45, 7) is 0.225. The monoisotopic (exact) mass is 375 g/mol. The lowest BCUT2D eigenvalue weighted by atomic mass is 9.89. The zero-order valence-corrected chi connectivity index (χ0v) is 15.4. The minimum atomic E-state index is -0.474. The fourth-order valence-electron chi connectivity index (χ4n) is 4.89. The van der Waals surface area contributed by atoms with E-state index in [1.54, 1.807) is 6.07 Å².